The van der Waals surface area contributed by atoms with E-state index in [9.17, 15) is 4.79 Å². The number of nitrogens with two attached hydrogens (primary N) is 1. The first-order valence-corrected chi connectivity index (χ1v) is 6.78. The van der Waals surface area contributed by atoms with Gasteiger partial charge in [-0.05, 0) is 25.7 Å². The average molecular weight is 300 g/mol. The first-order chi connectivity index (χ1) is 9.47. The molecule has 0 aliphatic heterocycles. The lowest BCUT2D eigenvalue weighted by Crippen LogP contribution is -2.45. The maximum atomic E-state index is 11.8. The highest BCUT2D eigenvalue weighted by Gasteiger charge is 2.19. The van der Waals surface area contributed by atoms with Gasteiger partial charge in [0.1, 0.15) is 6.04 Å². The summed E-state index contributed by atoms with van der Waals surface area (Å²) < 4.78 is 4.87. The van der Waals surface area contributed by atoms with Crippen molar-refractivity contribution in [3.8, 4) is 0 Å². The van der Waals surface area contributed by atoms with E-state index >= 15 is 0 Å². The summed E-state index contributed by atoms with van der Waals surface area (Å²) in [5, 5.41) is 3.51. The molecule has 0 radical (unpaired) electrons. The van der Waals surface area contributed by atoms with Crippen LogP contribution in [0.25, 0.3) is 0 Å². The maximum absolute atomic E-state index is 11.8. The number of amides is 1. The summed E-state index contributed by atoms with van der Waals surface area (Å²) in [7, 11) is 5.39. The minimum absolute atomic E-state index is 0.0117. The van der Waals surface area contributed by atoms with Crippen LogP contribution in [0.15, 0.2) is 24.3 Å². The van der Waals surface area contributed by atoms with E-state index in [2.05, 4.69) is 5.32 Å². The Morgan fingerprint density at radius 1 is 1.45 bits per heavy atom. The van der Waals surface area contributed by atoms with Gasteiger partial charge in [-0.15, -0.1) is 0 Å². The lowest BCUT2D eigenvalue weighted by atomic mass is 10.1. The van der Waals surface area contributed by atoms with Gasteiger partial charge in [0.15, 0.2) is 0 Å². The molecule has 1 aromatic rings. The van der Waals surface area contributed by atoms with Gasteiger partial charge in [0.25, 0.3) is 0 Å². The number of hydrogen-bond acceptors (Lipinski definition) is 4. The first kappa shape index (κ1) is 16.9. The van der Waals surface area contributed by atoms with E-state index in [1.54, 1.807) is 0 Å². The van der Waals surface area contributed by atoms with E-state index in [0.717, 1.165) is 5.56 Å². The number of benzene rings is 1. The highest BCUT2D eigenvalue weighted by atomic mass is 35.5. The number of carbonyl (C=O) groups is 1. The summed E-state index contributed by atoms with van der Waals surface area (Å²) in [6.07, 6.45) is 0. The summed E-state index contributed by atoms with van der Waals surface area (Å²) in [6, 6.07) is 6.93. The number of nitrogens with one attached hydrogen (secondary N) is 1. The maximum Gasteiger partial charge on any atom is 0.239 e. The van der Waals surface area contributed by atoms with Crippen LogP contribution in [-0.2, 0) is 9.53 Å². The Morgan fingerprint density at radius 2 is 2.10 bits per heavy atom. The summed E-state index contributed by atoms with van der Waals surface area (Å²) >= 11 is 6.21. The largest absolute Gasteiger partial charge is 0.383 e. The minimum atomic E-state index is -0.658. The molecular formula is C14H22ClN3O2. The van der Waals surface area contributed by atoms with E-state index in [4.69, 9.17) is 22.1 Å². The van der Waals surface area contributed by atoms with Crippen molar-refractivity contribution in [2.75, 3.05) is 34.4 Å². The Bertz CT molecular complexity index is 440. The van der Waals surface area contributed by atoms with Crippen molar-refractivity contribution < 1.29 is 9.53 Å². The molecule has 3 N–H and O–H groups in total. The Labute approximate surface area is 125 Å². The molecule has 5 nitrogen and oxygen atoms in total. The third-order valence-corrected chi connectivity index (χ3v) is 3.38. The van der Waals surface area contributed by atoms with Gasteiger partial charge in [0.05, 0.1) is 12.6 Å². The third-order valence-electron chi connectivity index (χ3n) is 3.04. The van der Waals surface area contributed by atoms with Crippen molar-refractivity contribution >= 4 is 17.5 Å². The monoisotopic (exact) mass is 299 g/mol. The van der Waals surface area contributed by atoms with E-state index in [0.29, 0.717) is 11.6 Å². The van der Waals surface area contributed by atoms with Gasteiger partial charge in [0, 0.05) is 18.7 Å². The van der Waals surface area contributed by atoms with Gasteiger partial charge in [-0.1, -0.05) is 29.8 Å². The second-order valence-electron chi connectivity index (χ2n) is 4.81. The highest BCUT2D eigenvalue weighted by molar-refractivity contribution is 6.31. The quantitative estimate of drug-likeness (QED) is 0.789. The molecule has 0 heterocycles. The minimum Gasteiger partial charge on any atom is -0.383 e. The molecule has 2 unspecified atom stereocenters. The van der Waals surface area contributed by atoms with Gasteiger partial charge in [-0.3, -0.25) is 4.79 Å². The molecular weight excluding hydrogens is 278 g/mol. The van der Waals surface area contributed by atoms with Crippen LogP contribution in [0.2, 0.25) is 5.02 Å². The number of rotatable bonds is 7. The second-order valence-corrected chi connectivity index (χ2v) is 5.22. The Hall–Kier alpha value is -1.14. The van der Waals surface area contributed by atoms with Gasteiger partial charge in [-0.2, -0.15) is 0 Å². The van der Waals surface area contributed by atoms with Crippen molar-refractivity contribution in [1.29, 1.82) is 0 Å². The van der Waals surface area contributed by atoms with Crippen LogP contribution in [0, 0.1) is 0 Å². The Morgan fingerprint density at radius 3 is 2.65 bits per heavy atom. The van der Waals surface area contributed by atoms with E-state index in [1.165, 1.54) is 7.11 Å². The number of halogens is 1. The van der Waals surface area contributed by atoms with Crippen molar-refractivity contribution in [2.45, 2.75) is 12.1 Å². The highest BCUT2D eigenvalue weighted by Crippen LogP contribution is 2.25. The molecule has 0 fully saturated rings. The van der Waals surface area contributed by atoms with Crippen molar-refractivity contribution in [3.05, 3.63) is 34.9 Å². The molecule has 6 heteroatoms. The van der Waals surface area contributed by atoms with Crippen molar-refractivity contribution in [3.63, 3.8) is 0 Å². The fraction of sp³-hybridized carbons (Fsp3) is 0.500. The number of nitrogens with zero attached hydrogens (tertiary/aromatic N) is 1. The van der Waals surface area contributed by atoms with Gasteiger partial charge in [-0.25, -0.2) is 0 Å². The Kier molecular flexibility index (Phi) is 6.95. The number of ether oxygens (including phenoxy) is 1. The topological polar surface area (TPSA) is 67.6 Å². The first-order valence-electron chi connectivity index (χ1n) is 6.40. The normalized spacial score (nSPS) is 14.1. The van der Waals surface area contributed by atoms with Gasteiger partial charge in [0.2, 0.25) is 5.91 Å². The predicted molar refractivity (Wildman–Crippen MR) is 80.7 cm³/mol. The number of hydrogen-bond donors (Lipinski definition) is 2. The molecule has 0 aromatic heterocycles. The molecule has 20 heavy (non-hydrogen) atoms. The fourth-order valence-corrected chi connectivity index (χ4v) is 2.16. The number of carbonyl (C=O) groups excluding carboxylic acids is 1. The van der Waals surface area contributed by atoms with E-state index in [-0.39, 0.29) is 18.6 Å². The molecule has 1 amide bonds. The van der Waals surface area contributed by atoms with Crippen LogP contribution in [0.5, 0.6) is 0 Å². The molecule has 0 saturated heterocycles. The summed E-state index contributed by atoms with van der Waals surface area (Å²) in [6.45, 7) is 0.636. The lowest BCUT2D eigenvalue weighted by Gasteiger charge is -2.26. The predicted octanol–water partition coefficient (Wildman–Crippen LogP) is 1.03. The van der Waals surface area contributed by atoms with Crippen LogP contribution in [0.4, 0.5) is 0 Å². The number of likely N-dealkylation sites (N-methyl/N-ethyl adjacent to an activating group) is 1. The molecule has 0 spiro atoms. The molecule has 0 saturated carbocycles. The van der Waals surface area contributed by atoms with Crippen molar-refractivity contribution in [2.24, 2.45) is 5.73 Å². The molecule has 1 aromatic carbocycles. The molecule has 1 rings (SSSR count). The van der Waals surface area contributed by atoms with E-state index < -0.39 is 6.04 Å². The second kappa shape index (κ2) is 8.21. The zero-order valence-electron chi connectivity index (χ0n) is 12.1. The van der Waals surface area contributed by atoms with Crippen molar-refractivity contribution in [1.82, 2.24) is 10.2 Å². The lowest BCUT2D eigenvalue weighted by molar-refractivity contribution is -0.123. The summed E-state index contributed by atoms with van der Waals surface area (Å²) in [5.41, 5.74) is 6.65. The standard InChI is InChI=1S/C14H22ClN3O2/c1-18(2)13(10-6-4-5-7-11(10)15)8-17-14(19)12(16)9-20-3/h4-7,12-13H,8-9,16H2,1-3H3,(H,17,19). The SMILES string of the molecule is COCC(N)C(=O)NCC(c1ccccc1Cl)N(C)C. The van der Waals surface area contributed by atoms with Crippen LogP contribution in [0.1, 0.15) is 11.6 Å². The zero-order valence-corrected chi connectivity index (χ0v) is 12.9. The molecule has 0 aliphatic rings. The third kappa shape index (κ3) is 4.76. The van der Waals surface area contributed by atoms with Crippen LogP contribution in [0.3, 0.4) is 0 Å². The molecule has 2 atom stereocenters. The van der Waals surface area contributed by atoms with Crippen LogP contribution < -0.4 is 11.1 Å². The summed E-state index contributed by atoms with van der Waals surface area (Å²) in [4.78, 5) is 13.8. The smallest absolute Gasteiger partial charge is 0.239 e. The molecule has 0 aliphatic carbocycles. The summed E-state index contributed by atoms with van der Waals surface area (Å²) in [5.74, 6) is -0.231. The average Bonchev–Trinajstić information content (AvgIpc) is 2.40. The Balaban J connectivity index is 2.70. The molecule has 112 valence electrons. The number of methoxy groups -OCH3 is 1. The van der Waals surface area contributed by atoms with Crippen LogP contribution in [-0.4, -0.2) is 51.2 Å². The fourth-order valence-electron chi connectivity index (χ4n) is 1.90. The van der Waals surface area contributed by atoms with Gasteiger partial charge >= 0.3 is 0 Å². The molecule has 0 bridgehead atoms. The van der Waals surface area contributed by atoms with Crippen LogP contribution >= 0.6 is 11.6 Å². The van der Waals surface area contributed by atoms with Gasteiger partial charge < -0.3 is 20.7 Å². The van der Waals surface area contributed by atoms with E-state index in [1.807, 2.05) is 43.3 Å². The zero-order chi connectivity index (χ0) is 15.1.